The molecule has 0 amide bonds. The highest BCUT2D eigenvalue weighted by Crippen LogP contribution is 2.60. The summed E-state index contributed by atoms with van der Waals surface area (Å²) in [5.74, 6) is -0.544. The third-order valence-corrected chi connectivity index (χ3v) is 3.54. The molecule has 0 saturated heterocycles. The van der Waals surface area contributed by atoms with Gasteiger partial charge in [0.15, 0.2) is 0 Å². The molecule has 0 bridgehead atoms. The Labute approximate surface area is 88.9 Å². The summed E-state index contributed by atoms with van der Waals surface area (Å²) in [6, 6.07) is 1.88. The second kappa shape index (κ2) is 3.36. The molecular weight excluding hydrogens is 192 g/mol. The largest absolute Gasteiger partial charge is 0.481 e. The number of carboxylic acid groups (broad SMARTS) is 1. The second-order valence-corrected chi connectivity index (χ2v) is 4.80. The molecule has 1 N–H and O–H groups in total. The molecule has 0 radical (unpaired) electrons. The van der Waals surface area contributed by atoms with E-state index in [-0.39, 0.29) is 11.3 Å². The fourth-order valence-electron chi connectivity index (χ4n) is 2.48. The van der Waals surface area contributed by atoms with Crippen molar-refractivity contribution in [3.8, 4) is 0 Å². The lowest BCUT2D eigenvalue weighted by Gasteiger charge is -2.02. The number of carbonyl (C=O) groups is 1. The molecule has 2 rings (SSSR count). The van der Waals surface area contributed by atoms with E-state index in [0.29, 0.717) is 5.92 Å². The fraction of sp³-hybridized carbons (Fsp3) is 0.636. The Morgan fingerprint density at radius 3 is 2.80 bits per heavy atom. The number of nitrogens with zero attached hydrogens (tertiary/aromatic N) is 2. The Balaban J connectivity index is 1.90. The molecule has 0 aromatic carbocycles. The number of hydrogen-bond donors (Lipinski definition) is 1. The maximum atomic E-state index is 10.9. The molecule has 1 aliphatic carbocycles. The quantitative estimate of drug-likeness (QED) is 0.818. The van der Waals surface area contributed by atoms with E-state index in [2.05, 4.69) is 5.10 Å². The molecule has 1 aromatic rings. The van der Waals surface area contributed by atoms with Crippen LogP contribution in [0.4, 0.5) is 0 Å². The molecular formula is C11H16N2O2. The smallest absolute Gasteiger partial charge is 0.307 e. The number of rotatable bonds is 4. The van der Waals surface area contributed by atoms with E-state index < -0.39 is 5.97 Å². The van der Waals surface area contributed by atoms with Gasteiger partial charge in [0.1, 0.15) is 0 Å². The normalized spacial score (nSPS) is 27.6. The Bertz CT molecular complexity index is 357. The van der Waals surface area contributed by atoms with Gasteiger partial charge in [0, 0.05) is 18.9 Å². The van der Waals surface area contributed by atoms with Gasteiger partial charge < -0.3 is 5.11 Å². The summed E-state index contributed by atoms with van der Waals surface area (Å²) in [5.41, 5.74) is -0.0427. The summed E-state index contributed by atoms with van der Waals surface area (Å²) in [4.78, 5) is 10.9. The highest BCUT2D eigenvalue weighted by atomic mass is 16.4. The van der Waals surface area contributed by atoms with Crippen LogP contribution in [-0.4, -0.2) is 20.9 Å². The summed E-state index contributed by atoms with van der Waals surface area (Å²) < 4.78 is 1.85. The van der Waals surface area contributed by atoms with Gasteiger partial charge in [0.2, 0.25) is 0 Å². The third-order valence-electron chi connectivity index (χ3n) is 3.54. The predicted molar refractivity (Wildman–Crippen MR) is 55.2 cm³/mol. The number of aliphatic carboxylic acids is 1. The summed E-state index contributed by atoms with van der Waals surface area (Å²) in [5, 5.41) is 13.1. The van der Waals surface area contributed by atoms with Crippen LogP contribution in [-0.2, 0) is 11.3 Å². The highest BCUT2D eigenvalue weighted by Gasteiger charge is 2.61. The first-order valence-corrected chi connectivity index (χ1v) is 5.23. The number of carboxylic acids is 1. The second-order valence-electron chi connectivity index (χ2n) is 4.80. The summed E-state index contributed by atoms with van der Waals surface area (Å²) in [6.45, 7) is 4.87. The zero-order chi connectivity index (χ0) is 11.1. The van der Waals surface area contributed by atoms with Crippen LogP contribution in [0, 0.1) is 17.3 Å². The van der Waals surface area contributed by atoms with Crippen molar-refractivity contribution in [2.75, 3.05) is 0 Å². The summed E-state index contributed by atoms with van der Waals surface area (Å²) >= 11 is 0. The highest BCUT2D eigenvalue weighted by molar-refractivity contribution is 5.75. The van der Waals surface area contributed by atoms with Crippen molar-refractivity contribution in [2.45, 2.75) is 26.8 Å². The molecule has 15 heavy (non-hydrogen) atoms. The molecule has 1 heterocycles. The zero-order valence-electron chi connectivity index (χ0n) is 9.05. The van der Waals surface area contributed by atoms with Crippen LogP contribution in [0.1, 0.15) is 20.3 Å². The van der Waals surface area contributed by atoms with E-state index in [0.717, 1.165) is 13.0 Å². The predicted octanol–water partition coefficient (Wildman–Crippen LogP) is 1.63. The molecule has 0 aliphatic heterocycles. The lowest BCUT2D eigenvalue weighted by Crippen LogP contribution is -2.03. The Morgan fingerprint density at radius 1 is 1.60 bits per heavy atom. The van der Waals surface area contributed by atoms with E-state index >= 15 is 0 Å². The molecule has 2 atom stereocenters. The third kappa shape index (κ3) is 1.76. The molecule has 4 nitrogen and oxygen atoms in total. The van der Waals surface area contributed by atoms with Gasteiger partial charge in [0.25, 0.3) is 0 Å². The Kier molecular flexibility index (Phi) is 2.29. The minimum absolute atomic E-state index is 0.0427. The van der Waals surface area contributed by atoms with Crippen LogP contribution in [0.25, 0.3) is 0 Å². The van der Waals surface area contributed by atoms with Gasteiger partial charge >= 0.3 is 5.97 Å². The first-order valence-electron chi connectivity index (χ1n) is 5.23. The van der Waals surface area contributed by atoms with Crippen molar-refractivity contribution in [1.29, 1.82) is 0 Å². The van der Waals surface area contributed by atoms with Crippen molar-refractivity contribution < 1.29 is 9.90 Å². The molecule has 1 saturated carbocycles. The Hall–Kier alpha value is -1.32. The van der Waals surface area contributed by atoms with Crippen LogP contribution >= 0.6 is 0 Å². The van der Waals surface area contributed by atoms with Crippen LogP contribution < -0.4 is 0 Å². The van der Waals surface area contributed by atoms with Crippen molar-refractivity contribution in [3.63, 3.8) is 0 Å². The van der Waals surface area contributed by atoms with E-state index in [1.807, 2.05) is 30.8 Å². The van der Waals surface area contributed by atoms with Crippen molar-refractivity contribution in [1.82, 2.24) is 9.78 Å². The van der Waals surface area contributed by atoms with Gasteiger partial charge in [-0.25, -0.2) is 0 Å². The van der Waals surface area contributed by atoms with Crippen LogP contribution in [0.2, 0.25) is 0 Å². The molecule has 82 valence electrons. The van der Waals surface area contributed by atoms with Gasteiger partial charge in [-0.2, -0.15) is 5.10 Å². The van der Waals surface area contributed by atoms with Crippen LogP contribution in [0.3, 0.4) is 0 Å². The number of aryl methyl sites for hydroxylation is 1. The van der Waals surface area contributed by atoms with Gasteiger partial charge in [-0.05, 0) is 23.8 Å². The van der Waals surface area contributed by atoms with E-state index in [4.69, 9.17) is 5.11 Å². The summed E-state index contributed by atoms with van der Waals surface area (Å²) in [7, 11) is 0. The molecule has 1 aromatic heterocycles. The Morgan fingerprint density at radius 2 is 2.33 bits per heavy atom. The van der Waals surface area contributed by atoms with E-state index in [9.17, 15) is 4.79 Å². The zero-order valence-corrected chi connectivity index (χ0v) is 9.05. The van der Waals surface area contributed by atoms with Gasteiger partial charge in [-0.1, -0.05) is 13.8 Å². The van der Waals surface area contributed by atoms with Crippen molar-refractivity contribution >= 4 is 5.97 Å². The minimum Gasteiger partial charge on any atom is -0.481 e. The standard InChI is InChI=1S/C11H16N2O2/c1-11(2)8(9(11)10(14)15)4-7-13-6-3-5-12-13/h3,5-6,8-9H,4,7H2,1-2H3,(H,14,15)/t8-,9+/m1/s1. The average molecular weight is 208 g/mol. The van der Waals surface area contributed by atoms with Gasteiger partial charge in [-0.15, -0.1) is 0 Å². The maximum absolute atomic E-state index is 10.9. The lowest BCUT2D eigenvalue weighted by atomic mass is 10.1. The fourth-order valence-corrected chi connectivity index (χ4v) is 2.48. The van der Waals surface area contributed by atoms with Gasteiger partial charge in [0.05, 0.1) is 5.92 Å². The molecule has 4 heteroatoms. The van der Waals surface area contributed by atoms with Crippen molar-refractivity contribution in [3.05, 3.63) is 18.5 Å². The van der Waals surface area contributed by atoms with Crippen LogP contribution in [0.15, 0.2) is 18.5 Å². The average Bonchev–Trinajstić information content (AvgIpc) is 2.55. The first kappa shape index (κ1) is 10.2. The monoisotopic (exact) mass is 208 g/mol. The molecule has 1 aliphatic rings. The minimum atomic E-state index is -0.662. The van der Waals surface area contributed by atoms with Crippen LogP contribution in [0.5, 0.6) is 0 Å². The van der Waals surface area contributed by atoms with Crippen molar-refractivity contribution in [2.24, 2.45) is 17.3 Å². The maximum Gasteiger partial charge on any atom is 0.307 e. The first-order chi connectivity index (χ1) is 7.03. The van der Waals surface area contributed by atoms with E-state index in [1.54, 1.807) is 6.20 Å². The SMILES string of the molecule is CC1(C)[C@H](CCn2cccn2)[C@H]1C(=O)O. The lowest BCUT2D eigenvalue weighted by molar-refractivity contribution is -0.139. The molecule has 0 spiro atoms. The topological polar surface area (TPSA) is 55.1 Å². The molecule has 0 unspecified atom stereocenters. The summed E-state index contributed by atoms with van der Waals surface area (Å²) in [6.07, 6.45) is 4.55. The number of hydrogen-bond acceptors (Lipinski definition) is 2. The van der Waals surface area contributed by atoms with E-state index in [1.165, 1.54) is 0 Å². The molecule has 1 fully saturated rings. The number of aromatic nitrogens is 2. The van der Waals surface area contributed by atoms with Gasteiger partial charge in [-0.3, -0.25) is 9.48 Å².